The Morgan fingerprint density at radius 2 is 2.05 bits per heavy atom. The molecule has 22 heavy (non-hydrogen) atoms. The average molecular weight is 319 g/mol. The second-order valence-corrected chi connectivity index (χ2v) is 6.55. The van der Waals surface area contributed by atoms with E-state index in [4.69, 9.17) is 5.73 Å². The zero-order chi connectivity index (χ0) is 16.4. The molecule has 0 fully saturated rings. The van der Waals surface area contributed by atoms with Gasteiger partial charge in [0.05, 0.1) is 11.0 Å². The highest BCUT2D eigenvalue weighted by molar-refractivity contribution is 7.12. The highest BCUT2D eigenvalue weighted by Crippen LogP contribution is 2.27. The van der Waals surface area contributed by atoms with Gasteiger partial charge in [-0.15, -0.1) is 11.3 Å². The Kier molecular flexibility index (Phi) is 4.46. The Balaban J connectivity index is 2.20. The van der Waals surface area contributed by atoms with Crippen LogP contribution in [0.2, 0.25) is 0 Å². The van der Waals surface area contributed by atoms with Crippen LogP contribution in [-0.4, -0.2) is 10.8 Å². The third kappa shape index (κ3) is 3.25. The van der Waals surface area contributed by atoms with Crippen LogP contribution in [0, 0.1) is 24.0 Å². The minimum atomic E-state index is -0.595. The van der Waals surface area contributed by atoms with Gasteiger partial charge in [-0.25, -0.2) is 0 Å². The first-order valence-corrected chi connectivity index (χ1v) is 7.53. The summed E-state index contributed by atoms with van der Waals surface area (Å²) >= 11 is 1.67. The van der Waals surface area contributed by atoms with E-state index in [1.165, 1.54) is 23.1 Å². The summed E-state index contributed by atoms with van der Waals surface area (Å²) in [5.74, 6) is -0.362. The van der Waals surface area contributed by atoms with Crippen molar-refractivity contribution in [3.8, 4) is 0 Å². The topological polar surface area (TPSA) is 98.3 Å². The van der Waals surface area contributed by atoms with E-state index in [1.54, 1.807) is 11.3 Å². The number of nitro benzene ring substituents is 1. The molecule has 6 nitrogen and oxygen atoms in total. The molecule has 1 atom stereocenters. The predicted molar refractivity (Wildman–Crippen MR) is 87.2 cm³/mol. The molecule has 1 aromatic heterocycles. The fourth-order valence-corrected chi connectivity index (χ4v) is 3.30. The number of thiophene rings is 1. The van der Waals surface area contributed by atoms with E-state index in [1.807, 2.05) is 26.8 Å². The standard InChI is InChI=1S/C15H17N3O3S/c1-8-6-12(10(3)22-8)9(2)17-15(19)11-4-5-13(16)14(7-11)18(20)21/h4-7,9H,16H2,1-3H3,(H,17,19). The molecule has 0 saturated heterocycles. The second-order valence-electron chi connectivity index (χ2n) is 5.09. The van der Waals surface area contributed by atoms with Gasteiger partial charge in [-0.1, -0.05) is 0 Å². The number of nitrogens with two attached hydrogens (primary N) is 1. The Morgan fingerprint density at radius 1 is 1.36 bits per heavy atom. The van der Waals surface area contributed by atoms with Crippen LogP contribution in [0.3, 0.4) is 0 Å². The maximum atomic E-state index is 12.3. The molecular weight excluding hydrogens is 302 g/mol. The van der Waals surface area contributed by atoms with Crippen LogP contribution < -0.4 is 11.1 Å². The van der Waals surface area contributed by atoms with Gasteiger partial charge in [0.2, 0.25) is 0 Å². The van der Waals surface area contributed by atoms with Gasteiger partial charge >= 0.3 is 0 Å². The lowest BCUT2D eigenvalue weighted by Crippen LogP contribution is -2.26. The molecule has 0 bridgehead atoms. The zero-order valence-electron chi connectivity index (χ0n) is 12.5. The summed E-state index contributed by atoms with van der Waals surface area (Å²) in [7, 11) is 0. The Morgan fingerprint density at radius 3 is 2.59 bits per heavy atom. The van der Waals surface area contributed by atoms with Crippen molar-refractivity contribution < 1.29 is 9.72 Å². The van der Waals surface area contributed by atoms with Crippen molar-refractivity contribution in [1.29, 1.82) is 0 Å². The van der Waals surface area contributed by atoms with Crippen molar-refractivity contribution in [1.82, 2.24) is 5.32 Å². The lowest BCUT2D eigenvalue weighted by molar-refractivity contribution is -0.383. The van der Waals surface area contributed by atoms with Crippen molar-refractivity contribution in [2.45, 2.75) is 26.8 Å². The van der Waals surface area contributed by atoms with Gasteiger partial charge in [0, 0.05) is 21.4 Å². The molecule has 3 N–H and O–H groups in total. The Labute approximate surface area is 132 Å². The molecule has 1 aromatic carbocycles. The van der Waals surface area contributed by atoms with E-state index in [0.29, 0.717) is 0 Å². The predicted octanol–water partition coefficient (Wildman–Crippen LogP) is 3.35. The summed E-state index contributed by atoms with van der Waals surface area (Å²) in [6.07, 6.45) is 0. The maximum absolute atomic E-state index is 12.3. The Hall–Kier alpha value is -2.41. The summed E-state index contributed by atoms with van der Waals surface area (Å²) in [6.45, 7) is 5.90. The first kappa shape index (κ1) is 16.0. The molecule has 116 valence electrons. The number of nitrogens with one attached hydrogen (secondary N) is 1. The fourth-order valence-electron chi connectivity index (χ4n) is 2.28. The van der Waals surface area contributed by atoms with Crippen LogP contribution in [0.4, 0.5) is 11.4 Å². The molecule has 0 saturated carbocycles. The van der Waals surface area contributed by atoms with Gasteiger partial charge in [-0.2, -0.15) is 0 Å². The molecule has 0 radical (unpaired) electrons. The molecule has 0 aliphatic carbocycles. The lowest BCUT2D eigenvalue weighted by atomic mass is 10.1. The number of rotatable bonds is 4. The lowest BCUT2D eigenvalue weighted by Gasteiger charge is -2.14. The van der Waals surface area contributed by atoms with Crippen LogP contribution in [0.1, 0.15) is 38.6 Å². The number of benzene rings is 1. The smallest absolute Gasteiger partial charge is 0.292 e. The minimum absolute atomic E-state index is 0.0407. The number of hydrogen-bond acceptors (Lipinski definition) is 5. The van der Waals surface area contributed by atoms with E-state index in [2.05, 4.69) is 5.32 Å². The monoisotopic (exact) mass is 319 g/mol. The molecule has 0 aliphatic rings. The van der Waals surface area contributed by atoms with E-state index in [0.717, 1.165) is 10.4 Å². The summed E-state index contributed by atoms with van der Waals surface area (Å²) in [5.41, 5.74) is 6.59. The van der Waals surface area contributed by atoms with Crippen LogP contribution in [0.25, 0.3) is 0 Å². The van der Waals surface area contributed by atoms with Gasteiger partial charge in [0.15, 0.2) is 0 Å². The fraction of sp³-hybridized carbons (Fsp3) is 0.267. The number of nitrogens with zero attached hydrogens (tertiary/aromatic N) is 1. The van der Waals surface area contributed by atoms with Gasteiger partial charge in [-0.05, 0) is 44.5 Å². The number of hydrogen-bond donors (Lipinski definition) is 2. The summed E-state index contributed by atoms with van der Waals surface area (Å²) in [6, 6.07) is 5.92. The first-order valence-electron chi connectivity index (χ1n) is 6.71. The second kappa shape index (κ2) is 6.15. The SMILES string of the molecule is Cc1cc(C(C)NC(=O)c2ccc(N)c([N+](=O)[O-])c2)c(C)s1. The average Bonchev–Trinajstić information content (AvgIpc) is 2.77. The molecule has 0 aliphatic heterocycles. The third-order valence-electron chi connectivity index (χ3n) is 3.38. The normalized spacial score (nSPS) is 12.0. The van der Waals surface area contributed by atoms with Crippen molar-refractivity contribution in [2.75, 3.05) is 5.73 Å². The number of aryl methyl sites for hydroxylation is 2. The number of amides is 1. The number of carbonyl (C=O) groups is 1. The summed E-state index contributed by atoms with van der Waals surface area (Å²) in [4.78, 5) is 24.9. The van der Waals surface area contributed by atoms with Gasteiger partial charge < -0.3 is 11.1 Å². The Bertz CT molecular complexity index is 740. The van der Waals surface area contributed by atoms with E-state index in [9.17, 15) is 14.9 Å². The van der Waals surface area contributed by atoms with E-state index >= 15 is 0 Å². The van der Waals surface area contributed by atoms with E-state index in [-0.39, 0.29) is 28.9 Å². The molecule has 1 amide bonds. The van der Waals surface area contributed by atoms with E-state index < -0.39 is 4.92 Å². The van der Waals surface area contributed by atoms with Gasteiger partial charge in [0.1, 0.15) is 5.69 Å². The molecule has 1 unspecified atom stereocenters. The van der Waals surface area contributed by atoms with Crippen molar-refractivity contribution in [3.05, 3.63) is 55.3 Å². The van der Waals surface area contributed by atoms with Crippen LogP contribution in [-0.2, 0) is 0 Å². The van der Waals surface area contributed by atoms with Crippen molar-refractivity contribution in [3.63, 3.8) is 0 Å². The highest BCUT2D eigenvalue weighted by atomic mass is 32.1. The van der Waals surface area contributed by atoms with Crippen LogP contribution >= 0.6 is 11.3 Å². The number of nitro groups is 1. The quantitative estimate of drug-likeness (QED) is 0.513. The first-order chi connectivity index (χ1) is 10.3. The highest BCUT2D eigenvalue weighted by Gasteiger charge is 2.18. The van der Waals surface area contributed by atoms with Crippen molar-refractivity contribution in [2.24, 2.45) is 0 Å². The van der Waals surface area contributed by atoms with Gasteiger partial charge in [0.25, 0.3) is 11.6 Å². The molecular formula is C15H17N3O3S. The van der Waals surface area contributed by atoms with Gasteiger partial charge in [-0.3, -0.25) is 14.9 Å². The van der Waals surface area contributed by atoms with Crippen LogP contribution in [0.15, 0.2) is 24.3 Å². The molecule has 0 spiro atoms. The molecule has 2 aromatic rings. The number of nitrogen functional groups attached to an aromatic ring is 1. The molecule has 1 heterocycles. The number of anilines is 1. The van der Waals surface area contributed by atoms with Crippen LogP contribution in [0.5, 0.6) is 0 Å². The summed E-state index contributed by atoms with van der Waals surface area (Å²) in [5, 5.41) is 13.7. The molecule has 7 heteroatoms. The minimum Gasteiger partial charge on any atom is -0.393 e. The van der Waals surface area contributed by atoms with Crippen molar-refractivity contribution >= 4 is 28.6 Å². The largest absolute Gasteiger partial charge is 0.393 e. The maximum Gasteiger partial charge on any atom is 0.292 e. The molecule has 2 rings (SSSR count). The number of carbonyl (C=O) groups excluding carboxylic acids is 1. The zero-order valence-corrected chi connectivity index (χ0v) is 13.4. The third-order valence-corrected chi connectivity index (χ3v) is 4.36. The summed E-state index contributed by atoms with van der Waals surface area (Å²) < 4.78 is 0.